The van der Waals surface area contributed by atoms with Crippen molar-refractivity contribution in [2.45, 2.75) is 245 Å². The summed E-state index contributed by atoms with van der Waals surface area (Å²) < 4.78 is 17.3. The molecule has 0 aliphatic rings. The number of hydrogen-bond donors (Lipinski definition) is 0. The molecule has 0 aromatic heterocycles. The molecule has 0 aliphatic carbocycles. The van der Waals surface area contributed by atoms with Gasteiger partial charge in [0, 0.05) is 19.4 Å². The van der Waals surface area contributed by atoms with Crippen LogP contribution in [0.3, 0.4) is 0 Å². The summed E-state index contributed by atoms with van der Waals surface area (Å²) in [6.45, 7) is 7.47. The van der Waals surface area contributed by atoms with Gasteiger partial charge in [-0.3, -0.25) is 9.59 Å². The van der Waals surface area contributed by atoms with Gasteiger partial charge in [0.1, 0.15) is 6.61 Å². The van der Waals surface area contributed by atoms with Crippen LogP contribution in [0, 0.1) is 0 Å². The van der Waals surface area contributed by atoms with Crippen molar-refractivity contribution >= 4 is 11.9 Å². The van der Waals surface area contributed by atoms with Crippen molar-refractivity contribution in [3.05, 3.63) is 109 Å². The second-order valence-corrected chi connectivity index (χ2v) is 17.7. The van der Waals surface area contributed by atoms with E-state index in [4.69, 9.17) is 14.2 Å². The van der Waals surface area contributed by atoms with Crippen LogP contribution < -0.4 is 0 Å². The Balaban J connectivity index is 4.37. The van der Waals surface area contributed by atoms with Crippen LogP contribution in [0.25, 0.3) is 0 Å². The van der Waals surface area contributed by atoms with E-state index in [-0.39, 0.29) is 31.6 Å². The Labute approximate surface area is 408 Å². The molecule has 66 heavy (non-hydrogen) atoms. The van der Waals surface area contributed by atoms with E-state index in [1.54, 1.807) is 0 Å². The molecule has 0 rings (SSSR count). The highest BCUT2D eigenvalue weighted by Gasteiger charge is 2.17. The lowest BCUT2D eigenvalue weighted by molar-refractivity contribution is -0.162. The van der Waals surface area contributed by atoms with Gasteiger partial charge in [0.15, 0.2) is 6.10 Å². The summed E-state index contributed by atoms with van der Waals surface area (Å²) in [7, 11) is 0. The van der Waals surface area contributed by atoms with Gasteiger partial charge in [0.05, 0.1) is 6.61 Å². The Morgan fingerprint density at radius 1 is 0.348 bits per heavy atom. The maximum Gasteiger partial charge on any atom is 0.306 e. The van der Waals surface area contributed by atoms with E-state index < -0.39 is 6.10 Å². The molecule has 0 spiro atoms. The zero-order chi connectivity index (χ0) is 47.7. The highest BCUT2D eigenvalue weighted by atomic mass is 16.6. The van der Waals surface area contributed by atoms with E-state index in [0.29, 0.717) is 19.4 Å². The predicted molar refractivity (Wildman–Crippen MR) is 288 cm³/mol. The number of unbranched alkanes of at least 4 members (excludes halogenated alkanes) is 20. The number of rotatable bonds is 49. The summed E-state index contributed by atoms with van der Waals surface area (Å²) >= 11 is 0. The fraction of sp³-hybridized carbons (Fsp3) is 0.672. The van der Waals surface area contributed by atoms with E-state index in [1.807, 2.05) is 6.08 Å². The highest BCUT2D eigenvalue weighted by Crippen LogP contribution is 2.15. The molecule has 5 heteroatoms. The minimum absolute atomic E-state index is 0.0424. The van der Waals surface area contributed by atoms with Crippen LogP contribution in [0.15, 0.2) is 109 Å². The standard InChI is InChI=1S/C61H102O5/c1-4-7-10-13-16-19-22-25-27-29-30-31-33-35-38-41-44-47-50-53-56-64-57-59(66-61(63)55-52-49-46-43-40-36-24-21-18-15-12-9-6-3)58-65-60(62)54-51-48-45-42-39-37-34-32-28-26-23-20-17-14-11-8-5-2/h7,9-10,12,16,18-19,21,25,27,30-31,35-36,38,40,46,49,59H,4-6,8,11,13-15,17,20,22-24,26,28-29,32-34,37,39,41-45,47-48,50-58H2,1-3H3/b10-7-,12-9-,19-16-,21-18-,27-25-,31-30-,38-35-,40-36-,49-46-. The van der Waals surface area contributed by atoms with E-state index in [0.717, 1.165) is 96.3 Å². The van der Waals surface area contributed by atoms with Crippen molar-refractivity contribution in [3.8, 4) is 0 Å². The Kier molecular flexibility index (Phi) is 53.0. The normalized spacial score (nSPS) is 13.1. The molecular weight excluding hydrogens is 813 g/mol. The summed E-state index contributed by atoms with van der Waals surface area (Å²) in [4.78, 5) is 25.4. The second kappa shape index (κ2) is 55.9. The Morgan fingerprint density at radius 2 is 0.712 bits per heavy atom. The van der Waals surface area contributed by atoms with Crippen molar-refractivity contribution < 1.29 is 23.8 Å². The molecule has 0 N–H and O–H groups in total. The molecule has 1 atom stereocenters. The van der Waals surface area contributed by atoms with Gasteiger partial charge >= 0.3 is 11.9 Å². The van der Waals surface area contributed by atoms with E-state index in [1.165, 1.54) is 103 Å². The van der Waals surface area contributed by atoms with Crippen molar-refractivity contribution in [1.29, 1.82) is 0 Å². The first kappa shape index (κ1) is 62.6. The molecule has 0 radical (unpaired) electrons. The van der Waals surface area contributed by atoms with Gasteiger partial charge in [0.2, 0.25) is 0 Å². The zero-order valence-electron chi connectivity index (χ0n) is 43.2. The highest BCUT2D eigenvalue weighted by molar-refractivity contribution is 5.70. The van der Waals surface area contributed by atoms with Crippen LogP contribution in [0.2, 0.25) is 0 Å². The molecule has 0 aromatic carbocycles. The monoisotopic (exact) mass is 915 g/mol. The molecule has 5 nitrogen and oxygen atoms in total. The van der Waals surface area contributed by atoms with Crippen LogP contribution in [0.4, 0.5) is 0 Å². The van der Waals surface area contributed by atoms with Gasteiger partial charge < -0.3 is 14.2 Å². The molecule has 0 saturated carbocycles. The topological polar surface area (TPSA) is 61.8 Å². The number of allylic oxidation sites excluding steroid dienone is 18. The van der Waals surface area contributed by atoms with Crippen molar-refractivity contribution in [2.24, 2.45) is 0 Å². The summed E-state index contributed by atoms with van der Waals surface area (Å²) in [5.41, 5.74) is 0. The number of ether oxygens (including phenoxy) is 3. The lowest BCUT2D eigenvalue weighted by Crippen LogP contribution is -2.30. The van der Waals surface area contributed by atoms with Crippen LogP contribution in [-0.2, 0) is 23.8 Å². The summed E-state index contributed by atoms with van der Waals surface area (Å²) in [5, 5.41) is 0. The summed E-state index contributed by atoms with van der Waals surface area (Å²) in [6, 6.07) is 0. The molecule has 0 fully saturated rings. The number of hydrogen-bond acceptors (Lipinski definition) is 5. The summed E-state index contributed by atoms with van der Waals surface area (Å²) in [5.74, 6) is -0.505. The molecule has 0 amide bonds. The number of carbonyl (C=O) groups excluding carboxylic acids is 2. The van der Waals surface area contributed by atoms with Crippen molar-refractivity contribution in [2.75, 3.05) is 19.8 Å². The molecule has 376 valence electrons. The molecule has 1 unspecified atom stereocenters. The van der Waals surface area contributed by atoms with Gasteiger partial charge in [-0.1, -0.05) is 246 Å². The fourth-order valence-corrected chi connectivity index (χ4v) is 7.32. The summed E-state index contributed by atoms with van der Waals surface area (Å²) in [6.07, 6.45) is 76.9. The zero-order valence-corrected chi connectivity index (χ0v) is 43.2. The molecule has 0 bridgehead atoms. The quantitative estimate of drug-likeness (QED) is 0.0346. The third-order valence-corrected chi connectivity index (χ3v) is 11.3. The number of carbonyl (C=O) groups is 2. The predicted octanol–water partition coefficient (Wildman–Crippen LogP) is 18.8. The first-order valence-corrected chi connectivity index (χ1v) is 27.4. The smallest absolute Gasteiger partial charge is 0.306 e. The van der Waals surface area contributed by atoms with Crippen molar-refractivity contribution in [1.82, 2.24) is 0 Å². The van der Waals surface area contributed by atoms with Crippen LogP contribution >= 0.6 is 0 Å². The average molecular weight is 915 g/mol. The SMILES string of the molecule is CC/C=C\C/C=C\C/C=C\C/C=C\C/C=C\CCCCCCOCC(COC(=O)CCCCCCCCCCCCCCCCCCC)OC(=O)CC/C=C\C/C=C\C/C=C\C/C=C\CC. The molecule has 0 aliphatic heterocycles. The van der Waals surface area contributed by atoms with Crippen LogP contribution in [-0.4, -0.2) is 37.9 Å². The van der Waals surface area contributed by atoms with Crippen LogP contribution in [0.5, 0.6) is 0 Å². The number of esters is 2. The Hall–Kier alpha value is -3.44. The first-order chi connectivity index (χ1) is 32.6. The van der Waals surface area contributed by atoms with E-state index >= 15 is 0 Å². The Bertz CT molecular complexity index is 1310. The minimum atomic E-state index is -0.593. The third-order valence-electron chi connectivity index (χ3n) is 11.3. The van der Waals surface area contributed by atoms with Gasteiger partial charge in [-0.05, 0) is 89.9 Å². The maximum atomic E-state index is 12.8. The molecule has 0 saturated heterocycles. The van der Waals surface area contributed by atoms with Gasteiger partial charge in [0.25, 0.3) is 0 Å². The van der Waals surface area contributed by atoms with Gasteiger partial charge in [-0.2, -0.15) is 0 Å². The molecule has 0 heterocycles. The molecule has 0 aromatic rings. The van der Waals surface area contributed by atoms with Gasteiger partial charge in [-0.25, -0.2) is 0 Å². The fourth-order valence-electron chi connectivity index (χ4n) is 7.32. The molecular formula is C61H102O5. The lowest BCUT2D eigenvalue weighted by atomic mass is 10.0. The third kappa shape index (κ3) is 53.2. The second-order valence-electron chi connectivity index (χ2n) is 17.7. The first-order valence-electron chi connectivity index (χ1n) is 27.4. The van der Waals surface area contributed by atoms with E-state index in [2.05, 4.69) is 124 Å². The Morgan fingerprint density at radius 3 is 1.15 bits per heavy atom. The van der Waals surface area contributed by atoms with Crippen LogP contribution in [0.1, 0.15) is 239 Å². The average Bonchev–Trinajstić information content (AvgIpc) is 3.32. The van der Waals surface area contributed by atoms with E-state index in [9.17, 15) is 9.59 Å². The largest absolute Gasteiger partial charge is 0.462 e. The van der Waals surface area contributed by atoms with Crippen molar-refractivity contribution in [3.63, 3.8) is 0 Å². The maximum absolute atomic E-state index is 12.8. The minimum Gasteiger partial charge on any atom is -0.462 e. The lowest BCUT2D eigenvalue weighted by Gasteiger charge is -2.18. The van der Waals surface area contributed by atoms with Gasteiger partial charge in [-0.15, -0.1) is 0 Å².